The summed E-state index contributed by atoms with van der Waals surface area (Å²) in [5.41, 5.74) is 6.39. The predicted molar refractivity (Wildman–Crippen MR) is 82.4 cm³/mol. The number of carbonyl (C=O) groups is 1. The number of halogens is 1. The van der Waals surface area contributed by atoms with Gasteiger partial charge in [0.25, 0.3) is 0 Å². The minimum atomic E-state index is -0.000792. The van der Waals surface area contributed by atoms with Crippen molar-refractivity contribution in [2.24, 2.45) is 5.73 Å². The third-order valence-electron chi connectivity index (χ3n) is 2.75. The number of benzene rings is 1. The van der Waals surface area contributed by atoms with E-state index in [0.29, 0.717) is 30.3 Å². The fraction of sp³-hybridized carbons (Fsp3) is 0.500. The van der Waals surface area contributed by atoms with Crippen LogP contribution in [0.4, 0.5) is 5.69 Å². The summed E-state index contributed by atoms with van der Waals surface area (Å²) in [6, 6.07) is 5.41. The molecule has 1 rings (SSSR count). The van der Waals surface area contributed by atoms with Crippen LogP contribution in [0, 0.1) is 0 Å². The van der Waals surface area contributed by atoms with Gasteiger partial charge in [0.15, 0.2) is 0 Å². The van der Waals surface area contributed by atoms with E-state index in [9.17, 15) is 4.79 Å². The summed E-state index contributed by atoms with van der Waals surface area (Å²) in [6.07, 6.45) is 1.16. The molecule has 1 atom stereocenters. The number of amides is 1. The minimum absolute atomic E-state index is 0.000792. The normalized spacial score (nSPS) is 11.8. The quantitative estimate of drug-likeness (QED) is 0.686. The van der Waals surface area contributed by atoms with Crippen LogP contribution in [0.25, 0.3) is 0 Å². The lowest BCUT2D eigenvalue weighted by Crippen LogP contribution is -2.30. The molecule has 0 saturated heterocycles. The summed E-state index contributed by atoms with van der Waals surface area (Å²) in [6.45, 7) is 3.04. The molecule has 0 fully saturated rings. The first-order valence-corrected chi connectivity index (χ1v) is 7.00. The summed E-state index contributed by atoms with van der Waals surface area (Å²) >= 11 is 5.93. The highest BCUT2D eigenvalue weighted by Gasteiger charge is 2.05. The van der Waals surface area contributed by atoms with Crippen molar-refractivity contribution in [1.29, 1.82) is 0 Å². The Hall–Kier alpha value is -1.46. The van der Waals surface area contributed by atoms with Crippen LogP contribution in [-0.4, -0.2) is 32.1 Å². The smallest absolute Gasteiger partial charge is 0.221 e. The van der Waals surface area contributed by atoms with Gasteiger partial charge in [-0.2, -0.15) is 0 Å². The first-order valence-electron chi connectivity index (χ1n) is 6.62. The number of hydrogen-bond acceptors (Lipinski definition) is 4. The number of anilines is 1. The first-order chi connectivity index (χ1) is 9.52. The van der Waals surface area contributed by atoms with Crippen molar-refractivity contribution in [3.05, 3.63) is 23.2 Å². The molecule has 0 saturated carbocycles. The molecule has 6 heteroatoms. The van der Waals surface area contributed by atoms with Gasteiger partial charge in [-0.15, -0.1) is 0 Å². The molecular weight excluding hydrogens is 278 g/mol. The topological polar surface area (TPSA) is 76.4 Å². The molecule has 1 amide bonds. The fourth-order valence-electron chi connectivity index (χ4n) is 1.66. The minimum Gasteiger partial charge on any atom is -0.495 e. The number of nitrogens with two attached hydrogens (primary N) is 1. The molecule has 0 bridgehead atoms. The van der Waals surface area contributed by atoms with Gasteiger partial charge in [-0.3, -0.25) is 4.79 Å². The molecule has 20 heavy (non-hydrogen) atoms. The fourth-order valence-corrected chi connectivity index (χ4v) is 1.83. The maximum absolute atomic E-state index is 11.6. The molecule has 112 valence electrons. The Balaban J connectivity index is 2.33. The Labute approximate surface area is 124 Å². The number of ether oxygens (including phenoxy) is 1. The van der Waals surface area contributed by atoms with E-state index in [1.54, 1.807) is 25.3 Å². The second-order valence-electron chi connectivity index (χ2n) is 4.64. The van der Waals surface area contributed by atoms with Crippen molar-refractivity contribution in [3.63, 3.8) is 0 Å². The van der Waals surface area contributed by atoms with E-state index >= 15 is 0 Å². The van der Waals surface area contributed by atoms with Crippen LogP contribution < -0.4 is 21.1 Å². The van der Waals surface area contributed by atoms with Gasteiger partial charge in [-0.1, -0.05) is 11.6 Å². The number of methoxy groups -OCH3 is 1. The van der Waals surface area contributed by atoms with Crippen molar-refractivity contribution in [2.75, 3.05) is 25.5 Å². The molecule has 1 unspecified atom stereocenters. The lowest BCUT2D eigenvalue weighted by atomic mass is 10.2. The average Bonchev–Trinajstić information content (AvgIpc) is 2.38. The molecule has 0 aromatic heterocycles. The Morgan fingerprint density at radius 3 is 2.85 bits per heavy atom. The zero-order chi connectivity index (χ0) is 15.0. The lowest BCUT2D eigenvalue weighted by molar-refractivity contribution is -0.120. The Bertz CT molecular complexity index is 438. The Kier molecular flexibility index (Phi) is 7.18. The van der Waals surface area contributed by atoms with Gasteiger partial charge < -0.3 is 21.1 Å². The Morgan fingerprint density at radius 1 is 1.45 bits per heavy atom. The van der Waals surface area contributed by atoms with E-state index in [-0.39, 0.29) is 11.9 Å². The molecule has 0 spiro atoms. The molecule has 0 radical (unpaired) electrons. The summed E-state index contributed by atoms with van der Waals surface area (Å²) in [5, 5.41) is 6.58. The monoisotopic (exact) mass is 299 g/mol. The number of hydrogen-bond donors (Lipinski definition) is 3. The Morgan fingerprint density at radius 2 is 2.20 bits per heavy atom. The van der Waals surface area contributed by atoms with E-state index in [1.807, 2.05) is 6.92 Å². The van der Waals surface area contributed by atoms with Crippen molar-refractivity contribution >= 4 is 23.2 Å². The van der Waals surface area contributed by atoms with E-state index < -0.39 is 0 Å². The molecule has 1 aromatic carbocycles. The molecular formula is C14H22ClN3O2. The summed E-state index contributed by atoms with van der Waals surface area (Å²) in [4.78, 5) is 11.6. The molecule has 0 aliphatic heterocycles. The third-order valence-corrected chi connectivity index (χ3v) is 2.99. The third kappa shape index (κ3) is 6.12. The largest absolute Gasteiger partial charge is 0.495 e. The van der Waals surface area contributed by atoms with Crippen LogP contribution in [-0.2, 0) is 4.79 Å². The van der Waals surface area contributed by atoms with Crippen LogP contribution in [0.15, 0.2) is 18.2 Å². The highest BCUT2D eigenvalue weighted by molar-refractivity contribution is 6.30. The molecule has 5 nitrogen and oxygen atoms in total. The van der Waals surface area contributed by atoms with Gasteiger partial charge >= 0.3 is 0 Å². The van der Waals surface area contributed by atoms with Crippen LogP contribution in [0.3, 0.4) is 0 Å². The van der Waals surface area contributed by atoms with Gasteiger partial charge in [-0.25, -0.2) is 0 Å². The molecule has 0 aliphatic carbocycles. The van der Waals surface area contributed by atoms with Gasteiger partial charge in [0.2, 0.25) is 5.91 Å². The van der Waals surface area contributed by atoms with Gasteiger partial charge in [0.05, 0.1) is 12.8 Å². The first kappa shape index (κ1) is 16.6. The van der Waals surface area contributed by atoms with Crippen LogP contribution in [0.1, 0.15) is 19.8 Å². The van der Waals surface area contributed by atoms with Crippen molar-refractivity contribution in [3.8, 4) is 5.75 Å². The molecule has 4 N–H and O–H groups in total. The van der Waals surface area contributed by atoms with Crippen molar-refractivity contribution in [1.82, 2.24) is 5.32 Å². The van der Waals surface area contributed by atoms with E-state index in [1.165, 1.54) is 0 Å². The predicted octanol–water partition coefficient (Wildman–Crippen LogP) is 2.00. The highest BCUT2D eigenvalue weighted by Crippen LogP contribution is 2.27. The van der Waals surface area contributed by atoms with Gasteiger partial charge in [0.1, 0.15) is 5.75 Å². The average molecular weight is 300 g/mol. The standard InChI is InChI=1S/C14H22ClN3O2/c1-10(16)5-7-18-14(19)6-8-17-12-9-11(15)3-4-13(12)20-2/h3-4,9-10,17H,5-8,16H2,1-2H3,(H,18,19). The van der Waals surface area contributed by atoms with E-state index in [2.05, 4.69) is 10.6 Å². The van der Waals surface area contributed by atoms with E-state index in [0.717, 1.165) is 12.1 Å². The van der Waals surface area contributed by atoms with Crippen LogP contribution >= 0.6 is 11.6 Å². The maximum atomic E-state index is 11.6. The van der Waals surface area contributed by atoms with Crippen molar-refractivity contribution in [2.45, 2.75) is 25.8 Å². The lowest BCUT2D eigenvalue weighted by Gasteiger charge is -2.12. The maximum Gasteiger partial charge on any atom is 0.221 e. The van der Waals surface area contributed by atoms with Crippen molar-refractivity contribution < 1.29 is 9.53 Å². The summed E-state index contributed by atoms with van der Waals surface area (Å²) < 4.78 is 5.21. The molecule has 1 aromatic rings. The van der Waals surface area contributed by atoms with Gasteiger partial charge in [0, 0.05) is 30.6 Å². The zero-order valence-electron chi connectivity index (χ0n) is 11.9. The zero-order valence-corrected chi connectivity index (χ0v) is 12.7. The van der Waals surface area contributed by atoms with Crippen LogP contribution in [0.2, 0.25) is 5.02 Å². The molecule has 0 aliphatic rings. The number of nitrogens with one attached hydrogen (secondary N) is 2. The summed E-state index contributed by atoms with van der Waals surface area (Å²) in [7, 11) is 1.59. The number of carbonyl (C=O) groups excluding carboxylic acids is 1. The number of rotatable bonds is 8. The molecule has 0 heterocycles. The highest BCUT2D eigenvalue weighted by atomic mass is 35.5. The van der Waals surface area contributed by atoms with Crippen LogP contribution in [0.5, 0.6) is 5.75 Å². The SMILES string of the molecule is COc1ccc(Cl)cc1NCCC(=O)NCCC(C)N. The second kappa shape index (κ2) is 8.66. The second-order valence-corrected chi connectivity index (χ2v) is 5.07. The summed E-state index contributed by atoms with van der Waals surface area (Å²) in [5.74, 6) is 0.700. The van der Waals surface area contributed by atoms with E-state index in [4.69, 9.17) is 22.1 Å². The van der Waals surface area contributed by atoms with Gasteiger partial charge in [-0.05, 0) is 31.5 Å².